The molecule has 1 saturated carbocycles. The summed E-state index contributed by atoms with van der Waals surface area (Å²) in [7, 11) is 0. The van der Waals surface area contributed by atoms with E-state index in [0.717, 1.165) is 25.1 Å². The topological polar surface area (TPSA) is 82.2 Å². The van der Waals surface area contributed by atoms with Crippen molar-refractivity contribution in [2.75, 3.05) is 12.3 Å². The molecule has 1 aromatic rings. The summed E-state index contributed by atoms with van der Waals surface area (Å²) in [6.07, 6.45) is 2.36. The number of nitrogens with two attached hydrogens (primary N) is 1. The number of fused-ring (bicyclic) bond motifs is 1. The van der Waals surface area contributed by atoms with Gasteiger partial charge in [-0.3, -0.25) is 4.79 Å². The molecule has 2 heterocycles. The third kappa shape index (κ3) is 1.96. The number of carbonyl (C=O) groups excluding carboxylic acids is 1. The van der Waals surface area contributed by atoms with Gasteiger partial charge in [0, 0.05) is 24.6 Å². The molecule has 2 aliphatic rings. The SMILES string of the molecule is Cc1cc(N)n(CC(=O)N[C@H]2C[C@@H]3OCC[C@H]23)n1. The van der Waals surface area contributed by atoms with Crippen molar-refractivity contribution in [2.45, 2.75) is 38.5 Å². The summed E-state index contributed by atoms with van der Waals surface area (Å²) in [6.45, 7) is 2.87. The number of aryl methyl sites for hydroxylation is 1. The molecule has 6 heteroatoms. The molecular formula is C12H18N4O2. The van der Waals surface area contributed by atoms with E-state index in [0.29, 0.717) is 17.8 Å². The first-order chi connectivity index (χ1) is 8.63. The van der Waals surface area contributed by atoms with E-state index in [9.17, 15) is 4.79 Å². The molecular weight excluding hydrogens is 232 g/mol. The number of anilines is 1. The van der Waals surface area contributed by atoms with Gasteiger partial charge in [0.25, 0.3) is 0 Å². The average Bonchev–Trinajstić information content (AvgIpc) is 2.79. The second kappa shape index (κ2) is 4.28. The van der Waals surface area contributed by atoms with Crippen LogP contribution in [0.4, 0.5) is 5.82 Å². The van der Waals surface area contributed by atoms with Crippen LogP contribution >= 0.6 is 0 Å². The maximum absolute atomic E-state index is 11.9. The minimum atomic E-state index is -0.0276. The Balaban J connectivity index is 1.55. The van der Waals surface area contributed by atoms with Gasteiger partial charge in [-0.15, -0.1) is 0 Å². The quantitative estimate of drug-likeness (QED) is 0.795. The number of rotatable bonds is 3. The molecule has 2 fully saturated rings. The van der Waals surface area contributed by atoms with E-state index >= 15 is 0 Å². The minimum absolute atomic E-state index is 0.0276. The third-order valence-electron chi connectivity index (χ3n) is 3.84. The molecule has 3 N–H and O–H groups in total. The zero-order valence-electron chi connectivity index (χ0n) is 10.4. The first-order valence-electron chi connectivity index (χ1n) is 6.34. The van der Waals surface area contributed by atoms with E-state index in [1.165, 1.54) is 4.68 Å². The number of carbonyl (C=O) groups is 1. The highest BCUT2D eigenvalue weighted by molar-refractivity contribution is 5.76. The number of hydrogen-bond donors (Lipinski definition) is 2. The monoisotopic (exact) mass is 250 g/mol. The van der Waals surface area contributed by atoms with E-state index in [1.807, 2.05) is 6.92 Å². The highest BCUT2D eigenvalue weighted by Gasteiger charge is 2.45. The van der Waals surface area contributed by atoms with Gasteiger partial charge in [0.1, 0.15) is 12.4 Å². The van der Waals surface area contributed by atoms with Crippen LogP contribution in [0.5, 0.6) is 0 Å². The number of aromatic nitrogens is 2. The maximum Gasteiger partial charge on any atom is 0.242 e. The Bertz CT molecular complexity index is 471. The summed E-state index contributed by atoms with van der Waals surface area (Å²) < 4.78 is 7.05. The Labute approximate surface area is 105 Å². The molecule has 0 radical (unpaired) electrons. The maximum atomic E-state index is 11.9. The van der Waals surface area contributed by atoms with Gasteiger partial charge in [-0.25, -0.2) is 4.68 Å². The third-order valence-corrected chi connectivity index (χ3v) is 3.84. The summed E-state index contributed by atoms with van der Waals surface area (Å²) >= 11 is 0. The predicted octanol–water partition coefficient (Wildman–Crippen LogP) is 0.0673. The van der Waals surface area contributed by atoms with E-state index < -0.39 is 0 Å². The Morgan fingerprint density at radius 1 is 1.72 bits per heavy atom. The molecule has 6 nitrogen and oxygen atoms in total. The van der Waals surface area contributed by atoms with E-state index in [2.05, 4.69) is 10.4 Å². The second-order valence-electron chi connectivity index (χ2n) is 5.14. The zero-order valence-corrected chi connectivity index (χ0v) is 10.4. The Kier molecular flexibility index (Phi) is 2.74. The average molecular weight is 250 g/mol. The van der Waals surface area contributed by atoms with Crippen LogP contribution in [0.1, 0.15) is 18.5 Å². The lowest BCUT2D eigenvalue weighted by Crippen LogP contribution is -2.54. The van der Waals surface area contributed by atoms with Gasteiger partial charge < -0.3 is 15.8 Å². The molecule has 1 saturated heterocycles. The molecule has 1 aromatic heterocycles. The van der Waals surface area contributed by atoms with Crippen LogP contribution in [0.15, 0.2) is 6.07 Å². The largest absolute Gasteiger partial charge is 0.384 e. The van der Waals surface area contributed by atoms with Crippen molar-refractivity contribution >= 4 is 11.7 Å². The predicted molar refractivity (Wildman–Crippen MR) is 65.8 cm³/mol. The summed E-state index contributed by atoms with van der Waals surface area (Å²) in [5, 5.41) is 7.21. The normalized spacial score (nSPS) is 29.7. The van der Waals surface area contributed by atoms with Crippen LogP contribution in [0, 0.1) is 12.8 Å². The van der Waals surface area contributed by atoms with Crippen LogP contribution in [-0.2, 0) is 16.1 Å². The summed E-state index contributed by atoms with van der Waals surface area (Å²) in [5.41, 5.74) is 6.58. The van der Waals surface area contributed by atoms with Crippen molar-refractivity contribution < 1.29 is 9.53 Å². The van der Waals surface area contributed by atoms with Crippen molar-refractivity contribution in [3.05, 3.63) is 11.8 Å². The van der Waals surface area contributed by atoms with Crippen LogP contribution in [0.2, 0.25) is 0 Å². The van der Waals surface area contributed by atoms with Crippen molar-refractivity contribution in [3.63, 3.8) is 0 Å². The lowest BCUT2D eigenvalue weighted by Gasteiger charge is -2.39. The number of hydrogen-bond acceptors (Lipinski definition) is 4. The smallest absolute Gasteiger partial charge is 0.242 e. The van der Waals surface area contributed by atoms with Crippen molar-refractivity contribution in [3.8, 4) is 0 Å². The number of nitrogens with one attached hydrogen (secondary N) is 1. The highest BCUT2D eigenvalue weighted by atomic mass is 16.5. The van der Waals surface area contributed by atoms with Gasteiger partial charge in [0.15, 0.2) is 0 Å². The molecule has 18 heavy (non-hydrogen) atoms. The van der Waals surface area contributed by atoms with Gasteiger partial charge >= 0.3 is 0 Å². The Hall–Kier alpha value is -1.56. The summed E-state index contributed by atoms with van der Waals surface area (Å²) in [6, 6.07) is 2.03. The van der Waals surface area contributed by atoms with Crippen molar-refractivity contribution in [1.82, 2.24) is 15.1 Å². The first kappa shape index (κ1) is 11.5. The minimum Gasteiger partial charge on any atom is -0.384 e. The van der Waals surface area contributed by atoms with Crippen LogP contribution < -0.4 is 11.1 Å². The molecule has 1 aliphatic carbocycles. The van der Waals surface area contributed by atoms with Crippen LogP contribution in [0.3, 0.4) is 0 Å². The fourth-order valence-corrected chi connectivity index (χ4v) is 2.84. The van der Waals surface area contributed by atoms with Gasteiger partial charge in [0.05, 0.1) is 11.8 Å². The van der Waals surface area contributed by atoms with E-state index in [4.69, 9.17) is 10.5 Å². The van der Waals surface area contributed by atoms with Gasteiger partial charge in [-0.2, -0.15) is 5.10 Å². The van der Waals surface area contributed by atoms with E-state index in [1.54, 1.807) is 6.07 Å². The molecule has 1 amide bonds. The highest BCUT2D eigenvalue weighted by Crippen LogP contribution is 2.38. The number of amides is 1. The fraction of sp³-hybridized carbons (Fsp3) is 0.667. The number of nitrogen functional groups attached to an aromatic ring is 1. The second-order valence-corrected chi connectivity index (χ2v) is 5.14. The first-order valence-corrected chi connectivity index (χ1v) is 6.34. The number of ether oxygens (including phenoxy) is 1. The lowest BCUT2D eigenvalue weighted by atomic mass is 9.76. The molecule has 3 rings (SSSR count). The van der Waals surface area contributed by atoms with Crippen molar-refractivity contribution in [1.29, 1.82) is 0 Å². The molecule has 0 unspecified atom stereocenters. The Morgan fingerprint density at radius 2 is 2.56 bits per heavy atom. The summed E-state index contributed by atoms with van der Waals surface area (Å²) in [4.78, 5) is 11.9. The lowest BCUT2D eigenvalue weighted by molar-refractivity contribution is -0.124. The molecule has 0 bridgehead atoms. The van der Waals surface area contributed by atoms with Gasteiger partial charge in [0.2, 0.25) is 5.91 Å². The van der Waals surface area contributed by atoms with Crippen LogP contribution in [-0.4, -0.2) is 34.4 Å². The van der Waals surface area contributed by atoms with Gasteiger partial charge in [-0.05, 0) is 19.8 Å². The zero-order chi connectivity index (χ0) is 12.7. The van der Waals surface area contributed by atoms with E-state index in [-0.39, 0.29) is 18.5 Å². The Morgan fingerprint density at radius 3 is 3.22 bits per heavy atom. The fourth-order valence-electron chi connectivity index (χ4n) is 2.84. The standard InChI is InChI=1S/C12H18N4O2/c1-7-4-11(13)16(15-7)6-12(17)14-9-5-10-8(9)2-3-18-10/h4,8-10H,2-3,5-6,13H2,1H3,(H,14,17)/t8-,9+,10+/m1/s1. The molecule has 1 aliphatic heterocycles. The molecule has 0 aromatic carbocycles. The summed E-state index contributed by atoms with van der Waals surface area (Å²) in [5.74, 6) is 1.00. The van der Waals surface area contributed by atoms with Crippen molar-refractivity contribution in [2.24, 2.45) is 5.92 Å². The molecule has 98 valence electrons. The van der Waals surface area contributed by atoms with Gasteiger partial charge in [-0.1, -0.05) is 0 Å². The number of nitrogens with zero attached hydrogens (tertiary/aromatic N) is 2. The molecule has 0 spiro atoms. The van der Waals surface area contributed by atoms with Crippen LogP contribution in [0.25, 0.3) is 0 Å². The molecule has 3 atom stereocenters.